The second-order valence-electron chi connectivity index (χ2n) is 5.56. The molecule has 1 saturated heterocycles. The molecule has 1 fully saturated rings. The monoisotopic (exact) mass is 317 g/mol. The molecular formula is C13H23N3O4S. The second kappa shape index (κ2) is 7.02. The van der Waals surface area contributed by atoms with Crippen molar-refractivity contribution in [3.05, 3.63) is 0 Å². The lowest BCUT2D eigenvalue weighted by Crippen LogP contribution is -2.66. The molecule has 1 rings (SSSR count). The fraction of sp³-hybridized carbons (Fsp3) is 0.769. The van der Waals surface area contributed by atoms with Crippen molar-refractivity contribution in [3.8, 4) is 0 Å². The minimum Gasteiger partial charge on any atom is -0.480 e. The van der Waals surface area contributed by atoms with E-state index in [0.717, 1.165) is 0 Å². The summed E-state index contributed by atoms with van der Waals surface area (Å²) in [5.74, 6) is -0.571. The summed E-state index contributed by atoms with van der Waals surface area (Å²) in [6.07, 6.45) is 2.23. The quantitative estimate of drug-likeness (QED) is 0.768. The predicted molar refractivity (Wildman–Crippen MR) is 81.4 cm³/mol. The van der Waals surface area contributed by atoms with Gasteiger partial charge in [0.25, 0.3) is 0 Å². The van der Waals surface area contributed by atoms with Crippen LogP contribution in [0.2, 0.25) is 0 Å². The molecule has 0 radical (unpaired) electrons. The Balaban J connectivity index is 2.77. The number of nitrogens with zero attached hydrogens (tertiary/aromatic N) is 2. The van der Waals surface area contributed by atoms with E-state index in [4.69, 9.17) is 5.11 Å². The largest absolute Gasteiger partial charge is 0.480 e. The SMILES string of the molecule is CSCCC(NC(=O)N1CCN(C)C(=O)C1(C)C)C(=O)O. The van der Waals surface area contributed by atoms with Crippen molar-refractivity contribution in [2.45, 2.75) is 31.8 Å². The van der Waals surface area contributed by atoms with Gasteiger partial charge in [-0.2, -0.15) is 11.8 Å². The molecule has 3 amide bonds. The molecule has 0 saturated carbocycles. The van der Waals surface area contributed by atoms with E-state index in [0.29, 0.717) is 25.3 Å². The number of hydrogen-bond donors (Lipinski definition) is 2. The van der Waals surface area contributed by atoms with Crippen LogP contribution in [0.1, 0.15) is 20.3 Å². The van der Waals surface area contributed by atoms with Gasteiger partial charge in [-0.05, 0) is 32.3 Å². The molecule has 1 unspecified atom stereocenters. The van der Waals surface area contributed by atoms with Gasteiger partial charge in [0.1, 0.15) is 11.6 Å². The first-order chi connectivity index (χ1) is 9.71. The number of piperazine rings is 1. The van der Waals surface area contributed by atoms with Crippen LogP contribution in [-0.4, -0.2) is 76.5 Å². The van der Waals surface area contributed by atoms with Gasteiger partial charge in [0.2, 0.25) is 5.91 Å². The fourth-order valence-electron chi connectivity index (χ4n) is 2.29. The molecule has 8 heteroatoms. The zero-order valence-corrected chi connectivity index (χ0v) is 13.7. The van der Waals surface area contributed by atoms with E-state index in [-0.39, 0.29) is 5.91 Å². The average molecular weight is 317 g/mol. The van der Waals surface area contributed by atoms with Crippen LogP contribution in [0.4, 0.5) is 4.79 Å². The van der Waals surface area contributed by atoms with Crippen LogP contribution in [-0.2, 0) is 9.59 Å². The maximum atomic E-state index is 12.3. The highest BCUT2D eigenvalue weighted by atomic mass is 32.2. The summed E-state index contributed by atoms with van der Waals surface area (Å²) >= 11 is 1.52. The topological polar surface area (TPSA) is 90.0 Å². The zero-order chi connectivity index (χ0) is 16.2. The lowest BCUT2D eigenvalue weighted by atomic mass is 9.98. The minimum absolute atomic E-state index is 0.153. The van der Waals surface area contributed by atoms with E-state index in [1.54, 1.807) is 25.8 Å². The van der Waals surface area contributed by atoms with Crippen molar-refractivity contribution < 1.29 is 19.5 Å². The third-order valence-corrected chi connectivity index (χ3v) is 4.30. The van der Waals surface area contributed by atoms with Gasteiger partial charge >= 0.3 is 12.0 Å². The fourth-order valence-corrected chi connectivity index (χ4v) is 2.76. The number of aliphatic carboxylic acids is 1. The Morgan fingerprint density at radius 2 is 2.05 bits per heavy atom. The van der Waals surface area contributed by atoms with Crippen molar-refractivity contribution in [2.75, 3.05) is 32.1 Å². The van der Waals surface area contributed by atoms with E-state index >= 15 is 0 Å². The number of carbonyl (C=O) groups is 3. The normalized spacial score (nSPS) is 19.3. The Bertz CT molecular complexity index is 428. The van der Waals surface area contributed by atoms with Gasteiger partial charge in [0, 0.05) is 20.1 Å². The van der Waals surface area contributed by atoms with Crippen LogP contribution in [0.25, 0.3) is 0 Å². The van der Waals surface area contributed by atoms with Crippen LogP contribution in [0.3, 0.4) is 0 Å². The van der Waals surface area contributed by atoms with Crippen LogP contribution < -0.4 is 5.32 Å². The summed E-state index contributed by atoms with van der Waals surface area (Å²) in [6.45, 7) is 4.17. The first-order valence-corrected chi connectivity index (χ1v) is 8.16. The van der Waals surface area contributed by atoms with Gasteiger partial charge in [0.15, 0.2) is 0 Å². The van der Waals surface area contributed by atoms with E-state index in [1.807, 2.05) is 6.26 Å². The van der Waals surface area contributed by atoms with Gasteiger partial charge in [-0.1, -0.05) is 0 Å². The lowest BCUT2D eigenvalue weighted by Gasteiger charge is -2.44. The molecule has 2 N–H and O–H groups in total. The molecule has 0 aromatic carbocycles. The molecule has 120 valence electrons. The van der Waals surface area contributed by atoms with Gasteiger partial charge in [0.05, 0.1) is 0 Å². The first kappa shape index (κ1) is 17.6. The summed E-state index contributed by atoms with van der Waals surface area (Å²) < 4.78 is 0. The summed E-state index contributed by atoms with van der Waals surface area (Å²) in [4.78, 5) is 38.6. The van der Waals surface area contributed by atoms with E-state index in [2.05, 4.69) is 5.32 Å². The molecule has 0 aromatic heterocycles. The highest BCUT2D eigenvalue weighted by Gasteiger charge is 2.43. The van der Waals surface area contributed by atoms with Crippen molar-refractivity contribution in [1.82, 2.24) is 15.1 Å². The van der Waals surface area contributed by atoms with Gasteiger partial charge in [-0.15, -0.1) is 0 Å². The number of likely N-dealkylation sites (N-methyl/N-ethyl adjacent to an activating group) is 1. The number of carboxylic acids is 1. The predicted octanol–water partition coefficient (Wildman–Crippen LogP) is 0.455. The van der Waals surface area contributed by atoms with Crippen molar-refractivity contribution in [3.63, 3.8) is 0 Å². The second-order valence-corrected chi connectivity index (χ2v) is 6.54. The Morgan fingerprint density at radius 3 is 2.57 bits per heavy atom. The minimum atomic E-state index is -1.06. The van der Waals surface area contributed by atoms with Gasteiger partial charge < -0.3 is 20.2 Å². The Hall–Kier alpha value is -1.44. The molecule has 1 aliphatic heterocycles. The van der Waals surface area contributed by atoms with Crippen molar-refractivity contribution in [2.24, 2.45) is 0 Å². The third-order valence-electron chi connectivity index (χ3n) is 3.66. The van der Waals surface area contributed by atoms with E-state index < -0.39 is 23.6 Å². The standard InChI is InChI=1S/C13H23N3O4S/c1-13(2)11(19)15(3)6-7-16(13)12(20)14-9(10(17)18)5-8-21-4/h9H,5-8H2,1-4H3,(H,14,20)(H,17,18). The summed E-state index contributed by atoms with van der Waals surface area (Å²) in [7, 11) is 1.69. The molecule has 7 nitrogen and oxygen atoms in total. The maximum Gasteiger partial charge on any atom is 0.326 e. The van der Waals surface area contributed by atoms with Crippen LogP contribution in [0.5, 0.6) is 0 Å². The van der Waals surface area contributed by atoms with Gasteiger partial charge in [-0.3, -0.25) is 4.79 Å². The molecular weight excluding hydrogens is 294 g/mol. The molecule has 0 spiro atoms. The van der Waals surface area contributed by atoms with E-state index in [1.165, 1.54) is 16.7 Å². The number of urea groups is 1. The Morgan fingerprint density at radius 1 is 1.43 bits per heavy atom. The molecule has 1 atom stereocenters. The summed E-state index contributed by atoms with van der Waals surface area (Å²) in [6, 6.07) is -1.44. The lowest BCUT2D eigenvalue weighted by molar-refractivity contribution is -0.144. The first-order valence-electron chi connectivity index (χ1n) is 6.77. The van der Waals surface area contributed by atoms with Crippen molar-refractivity contribution >= 4 is 29.7 Å². The zero-order valence-electron chi connectivity index (χ0n) is 12.9. The molecule has 0 bridgehead atoms. The maximum absolute atomic E-state index is 12.3. The number of amides is 3. The van der Waals surface area contributed by atoms with Crippen LogP contribution in [0, 0.1) is 0 Å². The van der Waals surface area contributed by atoms with E-state index in [9.17, 15) is 14.4 Å². The molecule has 1 heterocycles. The Labute approximate surface area is 129 Å². The molecule has 21 heavy (non-hydrogen) atoms. The number of thioether (sulfide) groups is 1. The number of hydrogen-bond acceptors (Lipinski definition) is 4. The smallest absolute Gasteiger partial charge is 0.326 e. The number of carboxylic acid groups (broad SMARTS) is 1. The molecule has 0 aliphatic carbocycles. The van der Waals surface area contributed by atoms with Crippen LogP contribution >= 0.6 is 11.8 Å². The van der Waals surface area contributed by atoms with Gasteiger partial charge in [-0.25, -0.2) is 9.59 Å². The molecule has 1 aliphatic rings. The summed E-state index contributed by atoms with van der Waals surface area (Å²) in [5, 5.41) is 11.7. The average Bonchev–Trinajstić information content (AvgIpc) is 2.40. The number of nitrogens with one attached hydrogen (secondary N) is 1. The number of rotatable bonds is 5. The third kappa shape index (κ3) is 4.03. The summed E-state index contributed by atoms with van der Waals surface area (Å²) in [5.41, 5.74) is -0.973. The Kier molecular flexibility index (Phi) is 5.88. The van der Waals surface area contributed by atoms with Crippen LogP contribution in [0.15, 0.2) is 0 Å². The van der Waals surface area contributed by atoms with Crippen molar-refractivity contribution in [1.29, 1.82) is 0 Å². The number of carbonyl (C=O) groups excluding carboxylic acids is 2. The molecule has 0 aromatic rings. The highest BCUT2D eigenvalue weighted by molar-refractivity contribution is 7.98. The highest BCUT2D eigenvalue weighted by Crippen LogP contribution is 2.21.